The summed E-state index contributed by atoms with van der Waals surface area (Å²) in [5.41, 5.74) is 3.09. The summed E-state index contributed by atoms with van der Waals surface area (Å²) in [6.45, 7) is 1.19. The van der Waals surface area contributed by atoms with Gasteiger partial charge in [0.05, 0.1) is 12.7 Å². The maximum atomic E-state index is 13.6. The van der Waals surface area contributed by atoms with E-state index in [2.05, 4.69) is 4.98 Å². The highest BCUT2D eigenvalue weighted by Gasteiger charge is 2.30. The number of nitrogens with zero attached hydrogens (tertiary/aromatic N) is 2. The Hall–Kier alpha value is -2.96. The van der Waals surface area contributed by atoms with Crippen LogP contribution in [0.3, 0.4) is 0 Å². The molecule has 4 rings (SSSR count). The van der Waals surface area contributed by atoms with Crippen molar-refractivity contribution in [3.8, 4) is 5.88 Å². The molecule has 1 unspecified atom stereocenters. The molecule has 29 heavy (non-hydrogen) atoms. The average Bonchev–Trinajstić information content (AvgIpc) is 3.36. The van der Waals surface area contributed by atoms with Crippen LogP contribution in [0.25, 0.3) is 0 Å². The van der Waals surface area contributed by atoms with Crippen molar-refractivity contribution in [2.75, 3.05) is 20.2 Å². The van der Waals surface area contributed by atoms with E-state index in [0.717, 1.165) is 42.5 Å². The van der Waals surface area contributed by atoms with Gasteiger partial charge >= 0.3 is 5.97 Å². The molecule has 6 nitrogen and oxygen atoms in total. The molecule has 0 radical (unpaired) electrons. The van der Waals surface area contributed by atoms with E-state index in [4.69, 9.17) is 9.84 Å². The van der Waals surface area contributed by atoms with Crippen molar-refractivity contribution in [1.82, 2.24) is 9.88 Å². The third kappa shape index (κ3) is 3.81. The Labute approximate surface area is 168 Å². The Bertz CT molecular complexity index is 976. The van der Waals surface area contributed by atoms with E-state index in [0.29, 0.717) is 31.0 Å². The zero-order valence-electron chi connectivity index (χ0n) is 16.3. The monoisotopic (exact) mass is 398 g/mol. The number of benzene rings is 1. The van der Waals surface area contributed by atoms with Crippen molar-refractivity contribution in [2.45, 2.75) is 32.1 Å². The zero-order valence-corrected chi connectivity index (χ0v) is 16.3. The number of pyridine rings is 1. The first-order valence-corrected chi connectivity index (χ1v) is 9.84. The van der Waals surface area contributed by atoms with Gasteiger partial charge < -0.3 is 14.7 Å². The standard InChI is InChI=1S/C22H23FN2O4/c1-29-20-17(11-15-3-2-4-19(15)24-20)21(26)25-8-7-14(12-25)9-13-5-6-18(23)16(10-13)22(27)28/h5-6,10-11,14H,2-4,7-9,12H2,1H3,(H,27,28). The van der Waals surface area contributed by atoms with Crippen molar-refractivity contribution in [3.05, 3.63) is 58.0 Å². The summed E-state index contributed by atoms with van der Waals surface area (Å²) in [6.07, 6.45) is 4.31. The maximum Gasteiger partial charge on any atom is 0.338 e. The number of halogens is 1. The Kier molecular flexibility index (Phi) is 5.22. The first-order chi connectivity index (χ1) is 14.0. The number of hydrogen-bond acceptors (Lipinski definition) is 4. The van der Waals surface area contributed by atoms with Crippen LogP contribution in [-0.2, 0) is 19.3 Å². The van der Waals surface area contributed by atoms with Crippen LogP contribution in [0.4, 0.5) is 4.39 Å². The summed E-state index contributed by atoms with van der Waals surface area (Å²) < 4.78 is 19.0. The van der Waals surface area contributed by atoms with Crippen LogP contribution in [0.5, 0.6) is 5.88 Å². The molecule has 1 aliphatic heterocycles. The number of hydrogen-bond donors (Lipinski definition) is 1. The summed E-state index contributed by atoms with van der Waals surface area (Å²) in [7, 11) is 1.53. The van der Waals surface area contributed by atoms with Crippen LogP contribution in [0.1, 0.15) is 50.4 Å². The second kappa shape index (κ2) is 7.81. The Morgan fingerprint density at radius 2 is 2.10 bits per heavy atom. The molecule has 0 saturated carbocycles. The SMILES string of the molecule is COc1nc2c(cc1C(=O)N1CCC(Cc3ccc(F)c(C(=O)O)c3)C1)CCC2. The van der Waals surface area contributed by atoms with Gasteiger partial charge in [-0.05, 0) is 67.3 Å². The van der Waals surface area contributed by atoms with Gasteiger partial charge in [0.25, 0.3) is 5.91 Å². The van der Waals surface area contributed by atoms with E-state index in [-0.39, 0.29) is 17.4 Å². The second-order valence-electron chi connectivity index (χ2n) is 7.73. The zero-order chi connectivity index (χ0) is 20.5. The molecule has 1 saturated heterocycles. The molecule has 1 N–H and O–H groups in total. The van der Waals surface area contributed by atoms with Gasteiger partial charge in [-0.1, -0.05) is 6.07 Å². The molecule has 1 aromatic heterocycles. The van der Waals surface area contributed by atoms with Crippen molar-refractivity contribution < 1.29 is 23.8 Å². The van der Waals surface area contributed by atoms with Gasteiger partial charge in [-0.2, -0.15) is 0 Å². The average molecular weight is 398 g/mol. The molecular weight excluding hydrogens is 375 g/mol. The third-order valence-corrected chi connectivity index (χ3v) is 5.80. The van der Waals surface area contributed by atoms with Crippen molar-refractivity contribution in [3.63, 3.8) is 0 Å². The number of aromatic carboxylic acids is 1. The molecule has 2 aromatic rings. The number of aryl methyl sites for hydroxylation is 2. The predicted molar refractivity (Wildman–Crippen MR) is 104 cm³/mol. The highest BCUT2D eigenvalue weighted by molar-refractivity contribution is 5.97. The third-order valence-electron chi connectivity index (χ3n) is 5.80. The van der Waals surface area contributed by atoms with E-state index in [9.17, 15) is 14.0 Å². The van der Waals surface area contributed by atoms with Crippen molar-refractivity contribution in [1.29, 1.82) is 0 Å². The van der Waals surface area contributed by atoms with Crippen LogP contribution >= 0.6 is 0 Å². The molecule has 1 fully saturated rings. The number of carboxylic acid groups (broad SMARTS) is 1. The van der Waals surface area contributed by atoms with Gasteiger partial charge in [-0.15, -0.1) is 0 Å². The number of amides is 1. The van der Waals surface area contributed by atoms with Gasteiger partial charge in [-0.3, -0.25) is 4.79 Å². The van der Waals surface area contributed by atoms with E-state index >= 15 is 0 Å². The van der Waals surface area contributed by atoms with E-state index < -0.39 is 11.8 Å². The second-order valence-corrected chi connectivity index (χ2v) is 7.73. The van der Waals surface area contributed by atoms with Crippen LogP contribution in [-0.4, -0.2) is 47.1 Å². The number of carboxylic acids is 1. The van der Waals surface area contributed by atoms with Gasteiger partial charge in [0, 0.05) is 18.8 Å². The molecule has 2 heterocycles. The number of aromatic nitrogens is 1. The first kappa shape index (κ1) is 19.4. The Morgan fingerprint density at radius 3 is 2.86 bits per heavy atom. The molecule has 1 atom stereocenters. The number of likely N-dealkylation sites (tertiary alicyclic amines) is 1. The molecule has 1 amide bonds. The van der Waals surface area contributed by atoms with E-state index in [1.54, 1.807) is 11.0 Å². The van der Waals surface area contributed by atoms with Gasteiger partial charge in [0.2, 0.25) is 5.88 Å². The largest absolute Gasteiger partial charge is 0.480 e. The minimum atomic E-state index is -1.27. The molecule has 2 aliphatic rings. The number of methoxy groups -OCH3 is 1. The topological polar surface area (TPSA) is 79.7 Å². The lowest BCUT2D eigenvalue weighted by Crippen LogP contribution is -2.29. The fourth-order valence-electron chi connectivity index (χ4n) is 4.31. The number of carbonyl (C=O) groups excluding carboxylic acids is 1. The van der Waals surface area contributed by atoms with Gasteiger partial charge in [-0.25, -0.2) is 14.2 Å². The molecular formula is C22H23FN2O4. The normalized spacial score (nSPS) is 18.0. The highest BCUT2D eigenvalue weighted by Crippen LogP contribution is 2.29. The van der Waals surface area contributed by atoms with Crippen LogP contribution < -0.4 is 4.74 Å². The van der Waals surface area contributed by atoms with E-state index in [1.807, 2.05) is 6.07 Å². The fraction of sp³-hybridized carbons (Fsp3) is 0.409. The highest BCUT2D eigenvalue weighted by atomic mass is 19.1. The molecule has 1 aliphatic carbocycles. The summed E-state index contributed by atoms with van der Waals surface area (Å²) >= 11 is 0. The van der Waals surface area contributed by atoms with Crippen LogP contribution in [0.15, 0.2) is 24.3 Å². The summed E-state index contributed by atoms with van der Waals surface area (Å²) in [5.74, 6) is -1.52. The quantitative estimate of drug-likeness (QED) is 0.837. The fourth-order valence-corrected chi connectivity index (χ4v) is 4.31. The Morgan fingerprint density at radius 1 is 1.28 bits per heavy atom. The molecule has 1 aromatic carbocycles. The number of fused-ring (bicyclic) bond motifs is 1. The van der Waals surface area contributed by atoms with Crippen molar-refractivity contribution in [2.24, 2.45) is 5.92 Å². The van der Waals surface area contributed by atoms with Crippen molar-refractivity contribution >= 4 is 11.9 Å². The molecule has 152 valence electrons. The van der Waals surface area contributed by atoms with Crippen LogP contribution in [0, 0.1) is 11.7 Å². The number of carbonyl (C=O) groups is 2. The smallest absolute Gasteiger partial charge is 0.338 e. The minimum Gasteiger partial charge on any atom is -0.480 e. The minimum absolute atomic E-state index is 0.0862. The predicted octanol–water partition coefficient (Wildman–Crippen LogP) is 3.12. The lowest BCUT2D eigenvalue weighted by molar-refractivity contribution is 0.0691. The lowest BCUT2D eigenvalue weighted by Gasteiger charge is -2.19. The molecule has 0 spiro atoms. The summed E-state index contributed by atoms with van der Waals surface area (Å²) in [6, 6.07) is 6.11. The molecule has 7 heteroatoms. The maximum absolute atomic E-state index is 13.6. The lowest BCUT2D eigenvalue weighted by atomic mass is 9.97. The number of ether oxygens (including phenoxy) is 1. The van der Waals surface area contributed by atoms with E-state index in [1.165, 1.54) is 19.2 Å². The Balaban J connectivity index is 1.47. The van der Waals surface area contributed by atoms with Gasteiger partial charge in [0.15, 0.2) is 0 Å². The summed E-state index contributed by atoms with van der Waals surface area (Å²) in [5, 5.41) is 9.10. The molecule has 0 bridgehead atoms. The number of rotatable bonds is 5. The van der Waals surface area contributed by atoms with Gasteiger partial charge in [0.1, 0.15) is 11.4 Å². The van der Waals surface area contributed by atoms with Crippen LogP contribution in [0.2, 0.25) is 0 Å². The summed E-state index contributed by atoms with van der Waals surface area (Å²) in [4.78, 5) is 30.6. The first-order valence-electron chi connectivity index (χ1n) is 9.84.